The fraction of sp³-hybridized carbons (Fsp3) is 0.545. The van der Waals surface area contributed by atoms with Crippen LogP contribution in [0.1, 0.15) is 30.6 Å². The third kappa shape index (κ3) is 4.88. The number of nitrogens with zero attached hydrogens (tertiary/aromatic N) is 2. The predicted molar refractivity (Wildman–Crippen MR) is 121 cm³/mol. The molecule has 1 aromatic heterocycles. The van der Waals surface area contributed by atoms with Gasteiger partial charge in [0.05, 0.1) is 17.0 Å². The number of aromatic nitrogens is 1. The van der Waals surface area contributed by atoms with Crippen molar-refractivity contribution < 1.29 is 22.7 Å². The Morgan fingerprint density at radius 2 is 1.81 bits per heavy atom. The van der Waals surface area contributed by atoms with Gasteiger partial charge in [0, 0.05) is 45.9 Å². The summed E-state index contributed by atoms with van der Waals surface area (Å²) in [7, 11) is 0.835. The van der Waals surface area contributed by atoms with Gasteiger partial charge in [-0.05, 0) is 36.5 Å². The molecule has 9 nitrogen and oxygen atoms in total. The molecule has 32 heavy (non-hydrogen) atoms. The topological polar surface area (TPSA) is 107 Å². The van der Waals surface area contributed by atoms with E-state index < -0.39 is 27.6 Å². The van der Waals surface area contributed by atoms with E-state index in [2.05, 4.69) is 5.32 Å². The van der Waals surface area contributed by atoms with Crippen molar-refractivity contribution in [3.63, 3.8) is 0 Å². The van der Waals surface area contributed by atoms with Gasteiger partial charge in [0.1, 0.15) is 5.56 Å². The molecule has 1 aromatic carbocycles. The molecular weight excluding hydrogens is 434 g/mol. The van der Waals surface area contributed by atoms with Crippen LogP contribution < -0.4 is 10.7 Å². The summed E-state index contributed by atoms with van der Waals surface area (Å²) in [6.45, 7) is 5.04. The first-order chi connectivity index (χ1) is 15.1. The van der Waals surface area contributed by atoms with Crippen molar-refractivity contribution in [2.45, 2.75) is 31.5 Å². The largest absolute Gasteiger partial charge is 0.354 e. The summed E-state index contributed by atoms with van der Waals surface area (Å²) in [4.78, 5) is 25.8. The highest BCUT2D eigenvalue weighted by Gasteiger charge is 2.32. The number of ether oxygens (including phenoxy) is 2. The van der Waals surface area contributed by atoms with Crippen LogP contribution in [0.15, 0.2) is 34.1 Å². The highest BCUT2D eigenvalue weighted by molar-refractivity contribution is 7.89. The third-order valence-corrected chi connectivity index (χ3v) is 7.66. The van der Waals surface area contributed by atoms with Crippen LogP contribution in [0.4, 0.5) is 0 Å². The minimum Gasteiger partial charge on any atom is -0.354 e. The number of amides is 1. The maximum Gasteiger partial charge on any atom is 0.256 e. The van der Waals surface area contributed by atoms with Crippen molar-refractivity contribution in [2.24, 2.45) is 18.9 Å². The molecule has 1 amide bonds. The number of methoxy groups -OCH3 is 2. The Labute approximate surface area is 188 Å². The Hall–Kier alpha value is -2.27. The summed E-state index contributed by atoms with van der Waals surface area (Å²) in [5.41, 5.74) is -0.0716. The molecule has 0 aliphatic carbocycles. The lowest BCUT2D eigenvalue weighted by molar-refractivity contribution is -0.0974. The molecular formula is C22H31N3O6S. The van der Waals surface area contributed by atoms with Crippen LogP contribution in [0.2, 0.25) is 0 Å². The Morgan fingerprint density at radius 1 is 1.19 bits per heavy atom. The third-order valence-electron chi connectivity index (χ3n) is 5.83. The summed E-state index contributed by atoms with van der Waals surface area (Å²) in [6, 6.07) is 4.50. The maximum atomic E-state index is 13.3. The number of sulfonamides is 1. The number of carbonyl (C=O) groups is 1. The van der Waals surface area contributed by atoms with E-state index in [1.54, 1.807) is 17.7 Å². The monoisotopic (exact) mass is 465 g/mol. The van der Waals surface area contributed by atoms with E-state index >= 15 is 0 Å². The van der Waals surface area contributed by atoms with E-state index in [4.69, 9.17) is 9.47 Å². The zero-order valence-electron chi connectivity index (χ0n) is 19.1. The van der Waals surface area contributed by atoms with Crippen LogP contribution in [0.25, 0.3) is 10.9 Å². The molecule has 1 saturated heterocycles. The average Bonchev–Trinajstić information content (AvgIpc) is 2.75. The van der Waals surface area contributed by atoms with Crippen molar-refractivity contribution in [2.75, 3.05) is 33.9 Å². The van der Waals surface area contributed by atoms with Gasteiger partial charge in [-0.15, -0.1) is 0 Å². The predicted octanol–water partition coefficient (Wildman–Crippen LogP) is 1.55. The molecule has 3 rings (SSSR count). The smallest absolute Gasteiger partial charge is 0.256 e. The van der Waals surface area contributed by atoms with Crippen molar-refractivity contribution in [1.29, 1.82) is 0 Å². The van der Waals surface area contributed by atoms with Gasteiger partial charge in [-0.3, -0.25) is 9.59 Å². The van der Waals surface area contributed by atoms with E-state index in [9.17, 15) is 18.0 Å². The molecule has 0 unspecified atom stereocenters. The second-order valence-corrected chi connectivity index (χ2v) is 10.5. The van der Waals surface area contributed by atoms with Gasteiger partial charge in [0.15, 0.2) is 6.29 Å². The van der Waals surface area contributed by atoms with Crippen LogP contribution in [-0.4, -0.2) is 63.3 Å². The number of piperidine rings is 1. The summed E-state index contributed by atoms with van der Waals surface area (Å²) in [6.07, 6.45) is 1.78. The quantitative estimate of drug-likeness (QED) is 0.622. The Morgan fingerprint density at radius 3 is 2.41 bits per heavy atom. The fourth-order valence-electron chi connectivity index (χ4n) is 4.28. The van der Waals surface area contributed by atoms with Gasteiger partial charge in [0.2, 0.25) is 15.5 Å². The molecule has 0 bridgehead atoms. The standard InChI is InChI=1S/C22H31N3O6S/c1-14-8-15(2)12-25(11-14)32(28,29)16-6-7-19-17(9-16)21(26)18(13-24(19)3)22(27)23-10-20(30-4)31-5/h6-7,9,13-15,20H,8,10-12H2,1-5H3,(H,23,27)/t14-,15+. The Bertz CT molecular complexity index is 1150. The number of pyridine rings is 1. The summed E-state index contributed by atoms with van der Waals surface area (Å²) >= 11 is 0. The van der Waals surface area contributed by atoms with Gasteiger partial charge in [-0.2, -0.15) is 4.31 Å². The first-order valence-corrected chi connectivity index (χ1v) is 12.0. The van der Waals surface area contributed by atoms with E-state index in [1.807, 2.05) is 13.8 Å². The number of fused-ring (bicyclic) bond motifs is 1. The first kappa shape index (κ1) is 24.4. The summed E-state index contributed by atoms with van der Waals surface area (Å²) in [5, 5.41) is 2.79. The van der Waals surface area contributed by atoms with Gasteiger partial charge >= 0.3 is 0 Å². The molecule has 0 saturated carbocycles. The Balaban J connectivity index is 2.00. The number of aryl methyl sites for hydroxylation is 1. The normalized spacial score (nSPS) is 20.1. The molecule has 2 aromatic rings. The first-order valence-electron chi connectivity index (χ1n) is 10.6. The maximum absolute atomic E-state index is 13.3. The molecule has 2 atom stereocenters. The van der Waals surface area contributed by atoms with Crippen LogP contribution >= 0.6 is 0 Å². The van der Waals surface area contributed by atoms with Gasteiger partial charge < -0.3 is 19.4 Å². The van der Waals surface area contributed by atoms with Crippen LogP contribution in [0.5, 0.6) is 0 Å². The van der Waals surface area contributed by atoms with E-state index in [1.165, 1.54) is 36.9 Å². The zero-order chi connectivity index (χ0) is 23.6. The molecule has 0 radical (unpaired) electrons. The van der Waals surface area contributed by atoms with Crippen LogP contribution in [0, 0.1) is 11.8 Å². The minimum absolute atomic E-state index is 0.0554. The van der Waals surface area contributed by atoms with E-state index in [0.29, 0.717) is 18.6 Å². The molecule has 10 heteroatoms. The highest BCUT2D eigenvalue weighted by atomic mass is 32.2. The average molecular weight is 466 g/mol. The van der Waals surface area contributed by atoms with Crippen LogP contribution in [0.3, 0.4) is 0 Å². The van der Waals surface area contributed by atoms with E-state index in [0.717, 1.165) is 6.42 Å². The minimum atomic E-state index is -3.76. The van der Waals surface area contributed by atoms with Crippen molar-refractivity contribution in [1.82, 2.24) is 14.2 Å². The van der Waals surface area contributed by atoms with Crippen molar-refractivity contribution in [3.05, 3.63) is 40.2 Å². The van der Waals surface area contributed by atoms with Gasteiger partial charge in [-0.1, -0.05) is 13.8 Å². The Kier molecular flexibility index (Phi) is 7.39. The number of hydrogen-bond acceptors (Lipinski definition) is 6. The lowest BCUT2D eigenvalue weighted by Gasteiger charge is -2.34. The molecule has 0 spiro atoms. The lowest BCUT2D eigenvalue weighted by atomic mass is 9.94. The van der Waals surface area contributed by atoms with E-state index in [-0.39, 0.29) is 34.2 Å². The van der Waals surface area contributed by atoms with Crippen molar-refractivity contribution in [3.8, 4) is 0 Å². The molecule has 2 heterocycles. The zero-order valence-corrected chi connectivity index (χ0v) is 19.9. The van der Waals surface area contributed by atoms with Gasteiger partial charge in [-0.25, -0.2) is 8.42 Å². The fourth-order valence-corrected chi connectivity index (χ4v) is 5.99. The molecule has 1 fully saturated rings. The number of hydrogen-bond donors (Lipinski definition) is 1. The molecule has 176 valence electrons. The number of rotatable bonds is 7. The van der Waals surface area contributed by atoms with Gasteiger partial charge in [0.25, 0.3) is 5.91 Å². The van der Waals surface area contributed by atoms with Crippen LogP contribution in [-0.2, 0) is 26.5 Å². The molecule has 1 aliphatic rings. The SMILES string of the molecule is COC(CNC(=O)c1cn(C)c2ccc(S(=O)(=O)N3C[C@H](C)C[C@H](C)C3)cc2c1=O)OC. The second kappa shape index (κ2) is 9.70. The molecule has 1 N–H and O–H groups in total. The number of carbonyl (C=O) groups excluding carboxylic acids is 1. The number of nitrogens with one attached hydrogen (secondary N) is 1. The van der Waals surface area contributed by atoms with Crippen molar-refractivity contribution >= 4 is 26.8 Å². The lowest BCUT2D eigenvalue weighted by Crippen LogP contribution is -2.42. The second-order valence-electron chi connectivity index (χ2n) is 8.54. The highest BCUT2D eigenvalue weighted by Crippen LogP contribution is 2.27. The number of benzene rings is 1. The summed E-state index contributed by atoms with van der Waals surface area (Å²) in [5.74, 6) is -0.0566. The summed E-state index contributed by atoms with van der Waals surface area (Å²) < 4.78 is 39.8. The molecule has 1 aliphatic heterocycles.